The van der Waals surface area contributed by atoms with Gasteiger partial charge in [-0.1, -0.05) is 11.6 Å². The van der Waals surface area contributed by atoms with Crippen LogP contribution in [0.15, 0.2) is 12.1 Å². The highest BCUT2D eigenvalue weighted by Crippen LogP contribution is 2.39. The summed E-state index contributed by atoms with van der Waals surface area (Å²) >= 11 is 6.03. The molecule has 14 heavy (non-hydrogen) atoms. The first-order valence-electron chi connectivity index (χ1n) is 4.55. The molecular formula is C11H12ClNO. The van der Waals surface area contributed by atoms with Gasteiger partial charge in [-0.3, -0.25) is 4.79 Å². The molecule has 1 heterocycles. The van der Waals surface area contributed by atoms with Gasteiger partial charge in [-0.15, -0.1) is 0 Å². The van der Waals surface area contributed by atoms with Crippen molar-refractivity contribution in [2.75, 3.05) is 5.32 Å². The van der Waals surface area contributed by atoms with Crippen LogP contribution >= 0.6 is 11.6 Å². The Balaban J connectivity index is 2.67. The smallest absolute Gasteiger partial charge is 0.234 e. The Labute approximate surface area is 88.3 Å². The van der Waals surface area contributed by atoms with Gasteiger partial charge in [0.2, 0.25) is 5.91 Å². The summed E-state index contributed by atoms with van der Waals surface area (Å²) in [6, 6.07) is 3.80. The summed E-state index contributed by atoms with van der Waals surface area (Å²) in [4.78, 5) is 11.6. The maximum Gasteiger partial charge on any atom is 0.234 e. The van der Waals surface area contributed by atoms with Crippen molar-refractivity contribution in [1.82, 2.24) is 0 Å². The lowest BCUT2D eigenvalue weighted by Gasteiger charge is -2.15. The van der Waals surface area contributed by atoms with Gasteiger partial charge >= 0.3 is 0 Å². The molecule has 2 nitrogen and oxygen atoms in total. The molecule has 0 fully saturated rings. The number of hydrogen-bond acceptors (Lipinski definition) is 1. The van der Waals surface area contributed by atoms with E-state index >= 15 is 0 Å². The van der Waals surface area contributed by atoms with E-state index in [9.17, 15) is 4.79 Å². The number of fused-ring (bicyclic) bond motifs is 1. The van der Waals surface area contributed by atoms with E-state index in [2.05, 4.69) is 5.32 Å². The van der Waals surface area contributed by atoms with Crippen LogP contribution in [0.1, 0.15) is 25.0 Å². The minimum atomic E-state index is -0.466. The molecule has 3 heteroatoms. The van der Waals surface area contributed by atoms with Crippen LogP contribution in [0.5, 0.6) is 0 Å². The number of nitrogens with one attached hydrogen (secondary N) is 1. The van der Waals surface area contributed by atoms with E-state index in [1.165, 1.54) is 0 Å². The SMILES string of the molecule is Cc1cc2c(cc1Cl)C(C)(C)C(=O)N2. The van der Waals surface area contributed by atoms with Crippen molar-refractivity contribution in [3.63, 3.8) is 0 Å². The standard InChI is InChI=1S/C11H12ClNO/c1-6-4-9-7(5-8(6)12)11(2,3)10(14)13-9/h4-5H,1-3H3,(H,13,14). The summed E-state index contributed by atoms with van der Waals surface area (Å²) in [5.74, 6) is 0.0363. The predicted molar refractivity (Wildman–Crippen MR) is 57.8 cm³/mol. The van der Waals surface area contributed by atoms with Crippen molar-refractivity contribution in [2.45, 2.75) is 26.2 Å². The Kier molecular flexibility index (Phi) is 1.86. The van der Waals surface area contributed by atoms with E-state index in [4.69, 9.17) is 11.6 Å². The van der Waals surface area contributed by atoms with Crippen molar-refractivity contribution in [3.05, 3.63) is 28.3 Å². The van der Waals surface area contributed by atoms with Gasteiger partial charge in [-0.25, -0.2) is 0 Å². The van der Waals surface area contributed by atoms with Crippen LogP contribution in [0.2, 0.25) is 5.02 Å². The molecular weight excluding hydrogens is 198 g/mol. The van der Waals surface area contributed by atoms with Crippen LogP contribution in [0.25, 0.3) is 0 Å². The fraction of sp³-hybridized carbons (Fsp3) is 0.364. The second kappa shape index (κ2) is 2.74. The Bertz CT molecular complexity index is 424. The first kappa shape index (κ1) is 9.53. The molecule has 0 atom stereocenters. The number of aryl methyl sites for hydroxylation is 1. The molecule has 0 aliphatic carbocycles. The summed E-state index contributed by atoms with van der Waals surface area (Å²) in [7, 11) is 0. The summed E-state index contributed by atoms with van der Waals surface area (Å²) in [5, 5.41) is 3.57. The zero-order valence-electron chi connectivity index (χ0n) is 8.44. The maximum atomic E-state index is 11.6. The number of carbonyl (C=O) groups is 1. The topological polar surface area (TPSA) is 29.1 Å². The Hall–Kier alpha value is -1.02. The third kappa shape index (κ3) is 1.14. The van der Waals surface area contributed by atoms with Gasteiger partial charge in [-0.05, 0) is 44.0 Å². The molecule has 1 aromatic rings. The molecule has 1 N–H and O–H groups in total. The zero-order valence-corrected chi connectivity index (χ0v) is 9.20. The second-order valence-corrected chi connectivity index (χ2v) is 4.63. The van der Waals surface area contributed by atoms with Crippen LogP contribution in [0.4, 0.5) is 5.69 Å². The molecule has 0 saturated carbocycles. The number of rotatable bonds is 0. The number of anilines is 1. The van der Waals surface area contributed by atoms with Crippen LogP contribution in [0, 0.1) is 6.92 Å². The summed E-state index contributed by atoms with van der Waals surface area (Å²) in [6.45, 7) is 5.74. The van der Waals surface area contributed by atoms with Gasteiger partial charge in [0.15, 0.2) is 0 Å². The quantitative estimate of drug-likeness (QED) is 0.700. The molecule has 0 aromatic heterocycles. The lowest BCUT2D eigenvalue weighted by atomic mass is 9.86. The van der Waals surface area contributed by atoms with E-state index in [0.29, 0.717) is 5.02 Å². The van der Waals surface area contributed by atoms with Crippen molar-refractivity contribution >= 4 is 23.2 Å². The molecule has 0 unspecified atom stereocenters. The normalized spacial score (nSPS) is 17.9. The molecule has 1 aliphatic rings. The van der Waals surface area contributed by atoms with Gasteiger partial charge < -0.3 is 5.32 Å². The van der Waals surface area contributed by atoms with E-state index in [0.717, 1.165) is 16.8 Å². The number of carbonyl (C=O) groups excluding carboxylic acids is 1. The first-order valence-corrected chi connectivity index (χ1v) is 4.93. The van der Waals surface area contributed by atoms with E-state index < -0.39 is 5.41 Å². The molecule has 74 valence electrons. The average Bonchev–Trinajstić information content (AvgIpc) is 2.28. The molecule has 1 aromatic carbocycles. The molecule has 0 radical (unpaired) electrons. The molecule has 1 amide bonds. The number of hydrogen-bond donors (Lipinski definition) is 1. The Morgan fingerprint density at radius 1 is 1.36 bits per heavy atom. The van der Waals surface area contributed by atoms with Gasteiger partial charge in [0, 0.05) is 10.7 Å². The predicted octanol–water partition coefficient (Wildman–Crippen LogP) is 2.88. The van der Waals surface area contributed by atoms with Crippen LogP contribution in [0.3, 0.4) is 0 Å². The van der Waals surface area contributed by atoms with Gasteiger partial charge in [0.1, 0.15) is 0 Å². The average molecular weight is 210 g/mol. The number of amides is 1. The molecule has 0 saturated heterocycles. The first-order chi connectivity index (χ1) is 6.43. The monoisotopic (exact) mass is 209 g/mol. The van der Waals surface area contributed by atoms with Crippen molar-refractivity contribution < 1.29 is 4.79 Å². The summed E-state index contributed by atoms with van der Waals surface area (Å²) in [5.41, 5.74) is 2.40. The van der Waals surface area contributed by atoms with Crippen LogP contribution < -0.4 is 5.32 Å². The number of halogens is 1. The van der Waals surface area contributed by atoms with Crippen molar-refractivity contribution in [3.8, 4) is 0 Å². The molecule has 0 bridgehead atoms. The lowest BCUT2D eigenvalue weighted by Crippen LogP contribution is -2.26. The minimum Gasteiger partial charge on any atom is -0.325 e. The van der Waals surface area contributed by atoms with Crippen LogP contribution in [-0.2, 0) is 10.2 Å². The third-order valence-corrected chi connectivity index (χ3v) is 3.20. The Morgan fingerprint density at radius 3 is 2.64 bits per heavy atom. The fourth-order valence-corrected chi connectivity index (χ4v) is 1.87. The van der Waals surface area contributed by atoms with Crippen LogP contribution in [-0.4, -0.2) is 5.91 Å². The lowest BCUT2D eigenvalue weighted by molar-refractivity contribution is -0.119. The van der Waals surface area contributed by atoms with Crippen molar-refractivity contribution in [1.29, 1.82) is 0 Å². The maximum absolute atomic E-state index is 11.6. The number of benzene rings is 1. The van der Waals surface area contributed by atoms with Gasteiger partial charge in [-0.2, -0.15) is 0 Å². The minimum absolute atomic E-state index is 0.0363. The highest BCUT2D eigenvalue weighted by atomic mass is 35.5. The van der Waals surface area contributed by atoms with Crippen molar-refractivity contribution in [2.24, 2.45) is 0 Å². The highest BCUT2D eigenvalue weighted by molar-refractivity contribution is 6.31. The highest BCUT2D eigenvalue weighted by Gasteiger charge is 2.38. The molecule has 0 spiro atoms. The van der Waals surface area contributed by atoms with E-state index in [1.807, 2.05) is 32.9 Å². The fourth-order valence-electron chi connectivity index (χ4n) is 1.70. The Morgan fingerprint density at radius 2 is 2.00 bits per heavy atom. The van der Waals surface area contributed by atoms with Gasteiger partial charge in [0.05, 0.1) is 5.41 Å². The summed E-state index contributed by atoms with van der Waals surface area (Å²) < 4.78 is 0. The zero-order chi connectivity index (χ0) is 10.5. The largest absolute Gasteiger partial charge is 0.325 e. The molecule has 1 aliphatic heterocycles. The van der Waals surface area contributed by atoms with E-state index in [1.54, 1.807) is 0 Å². The van der Waals surface area contributed by atoms with Gasteiger partial charge in [0.25, 0.3) is 0 Å². The molecule has 2 rings (SSSR count). The third-order valence-electron chi connectivity index (χ3n) is 2.79. The van der Waals surface area contributed by atoms with E-state index in [-0.39, 0.29) is 5.91 Å². The second-order valence-electron chi connectivity index (χ2n) is 4.23. The summed E-state index contributed by atoms with van der Waals surface area (Å²) in [6.07, 6.45) is 0.